The quantitative estimate of drug-likeness (QED) is 0.864. The van der Waals surface area contributed by atoms with E-state index in [1.54, 1.807) is 0 Å². The average Bonchev–Trinajstić information content (AvgIpc) is 3.01. The Kier molecular flexibility index (Phi) is 2.86. The lowest BCUT2D eigenvalue weighted by Gasteiger charge is -2.28. The molecule has 18 heavy (non-hydrogen) atoms. The number of hydrogen-bond acceptors (Lipinski definition) is 2. The van der Waals surface area contributed by atoms with Crippen LogP contribution in [-0.2, 0) is 4.79 Å². The molecule has 1 N–H and O–H groups in total. The van der Waals surface area contributed by atoms with Gasteiger partial charge < -0.3 is 10.2 Å². The van der Waals surface area contributed by atoms with Crippen LogP contribution in [0.1, 0.15) is 37.8 Å². The topological polar surface area (TPSA) is 32.3 Å². The number of carbonyl (C=O) groups is 1. The van der Waals surface area contributed by atoms with Crippen molar-refractivity contribution >= 4 is 5.91 Å². The summed E-state index contributed by atoms with van der Waals surface area (Å²) in [6.07, 6.45) is 3.09. The van der Waals surface area contributed by atoms with E-state index in [-0.39, 0.29) is 11.6 Å². The fraction of sp³-hybridized carbons (Fsp3) is 0.533. The first-order chi connectivity index (χ1) is 8.73. The molecule has 1 aromatic carbocycles. The van der Waals surface area contributed by atoms with Gasteiger partial charge in [-0.05, 0) is 38.3 Å². The van der Waals surface area contributed by atoms with Crippen molar-refractivity contribution in [2.24, 2.45) is 0 Å². The van der Waals surface area contributed by atoms with Gasteiger partial charge in [0.25, 0.3) is 0 Å². The summed E-state index contributed by atoms with van der Waals surface area (Å²) in [5.41, 5.74) is 0.990. The van der Waals surface area contributed by atoms with Crippen LogP contribution < -0.4 is 5.32 Å². The van der Waals surface area contributed by atoms with Crippen molar-refractivity contribution in [1.29, 1.82) is 0 Å². The Morgan fingerprint density at radius 2 is 2.06 bits per heavy atom. The minimum absolute atomic E-state index is 0.181. The SMILES string of the molecule is C[C@H](c1ccccc1)N1CC[C@]2(CCCN2)C1=O. The van der Waals surface area contributed by atoms with E-state index in [0.717, 1.165) is 32.4 Å². The highest BCUT2D eigenvalue weighted by molar-refractivity contribution is 5.89. The number of nitrogens with zero attached hydrogens (tertiary/aromatic N) is 1. The first-order valence-corrected chi connectivity index (χ1v) is 6.84. The summed E-state index contributed by atoms with van der Waals surface area (Å²) < 4.78 is 0. The van der Waals surface area contributed by atoms with E-state index < -0.39 is 0 Å². The predicted octanol–water partition coefficient (Wildman–Crippen LogP) is 2.10. The zero-order valence-corrected chi connectivity index (χ0v) is 10.9. The van der Waals surface area contributed by atoms with Crippen molar-refractivity contribution in [2.45, 2.75) is 37.8 Å². The summed E-state index contributed by atoms with van der Waals surface area (Å²) in [5, 5.41) is 3.43. The second-order valence-electron chi connectivity index (χ2n) is 5.45. The molecular formula is C15H20N2O. The second-order valence-corrected chi connectivity index (χ2v) is 5.45. The minimum atomic E-state index is -0.233. The van der Waals surface area contributed by atoms with E-state index in [1.165, 1.54) is 5.56 Å². The van der Waals surface area contributed by atoms with Crippen LogP contribution in [0.25, 0.3) is 0 Å². The van der Waals surface area contributed by atoms with Crippen LogP contribution >= 0.6 is 0 Å². The minimum Gasteiger partial charge on any atom is -0.334 e. The molecule has 2 aliphatic rings. The van der Waals surface area contributed by atoms with Crippen molar-refractivity contribution in [2.75, 3.05) is 13.1 Å². The first-order valence-electron chi connectivity index (χ1n) is 6.84. The molecule has 0 radical (unpaired) electrons. The van der Waals surface area contributed by atoms with Crippen molar-refractivity contribution in [1.82, 2.24) is 10.2 Å². The molecule has 3 rings (SSSR count). The van der Waals surface area contributed by atoms with Crippen molar-refractivity contribution in [3.05, 3.63) is 35.9 Å². The maximum atomic E-state index is 12.6. The maximum Gasteiger partial charge on any atom is 0.243 e. The van der Waals surface area contributed by atoms with Crippen LogP contribution in [0, 0.1) is 0 Å². The first kappa shape index (κ1) is 11.7. The normalized spacial score (nSPS) is 29.2. The van der Waals surface area contributed by atoms with Gasteiger partial charge in [0.2, 0.25) is 5.91 Å². The monoisotopic (exact) mass is 244 g/mol. The molecule has 0 bridgehead atoms. The lowest BCUT2D eigenvalue weighted by atomic mass is 9.96. The molecule has 0 aliphatic carbocycles. The van der Waals surface area contributed by atoms with Crippen molar-refractivity contribution in [3.63, 3.8) is 0 Å². The number of likely N-dealkylation sites (tertiary alicyclic amines) is 1. The van der Waals surface area contributed by atoms with Crippen LogP contribution in [-0.4, -0.2) is 29.4 Å². The van der Waals surface area contributed by atoms with Gasteiger partial charge in [-0.25, -0.2) is 0 Å². The molecule has 1 spiro atoms. The molecule has 3 heteroatoms. The van der Waals surface area contributed by atoms with Crippen LogP contribution in [0.3, 0.4) is 0 Å². The Hall–Kier alpha value is -1.35. The number of benzene rings is 1. The molecule has 3 nitrogen and oxygen atoms in total. The smallest absolute Gasteiger partial charge is 0.243 e. The summed E-state index contributed by atoms with van der Waals surface area (Å²) >= 11 is 0. The third-order valence-corrected chi connectivity index (χ3v) is 4.44. The van der Waals surface area contributed by atoms with Gasteiger partial charge in [-0.15, -0.1) is 0 Å². The van der Waals surface area contributed by atoms with E-state index >= 15 is 0 Å². The molecule has 2 aliphatic heterocycles. The van der Waals surface area contributed by atoms with Crippen LogP contribution in [0.15, 0.2) is 30.3 Å². The summed E-state index contributed by atoms with van der Waals surface area (Å²) in [4.78, 5) is 14.6. The Morgan fingerprint density at radius 1 is 1.28 bits per heavy atom. The lowest BCUT2D eigenvalue weighted by Crippen LogP contribution is -2.47. The predicted molar refractivity (Wildman–Crippen MR) is 71.2 cm³/mol. The Bertz CT molecular complexity index is 437. The van der Waals surface area contributed by atoms with Gasteiger partial charge in [-0.2, -0.15) is 0 Å². The summed E-state index contributed by atoms with van der Waals surface area (Å²) in [6, 6.07) is 10.5. The zero-order chi connectivity index (χ0) is 12.6. The fourth-order valence-electron chi connectivity index (χ4n) is 3.28. The molecule has 1 aromatic rings. The molecule has 0 aromatic heterocycles. The van der Waals surface area contributed by atoms with E-state index in [1.807, 2.05) is 23.1 Å². The zero-order valence-electron chi connectivity index (χ0n) is 10.9. The van der Waals surface area contributed by atoms with Crippen LogP contribution in [0.2, 0.25) is 0 Å². The van der Waals surface area contributed by atoms with Gasteiger partial charge in [0.05, 0.1) is 11.6 Å². The van der Waals surface area contributed by atoms with E-state index in [0.29, 0.717) is 5.91 Å². The highest BCUT2D eigenvalue weighted by Gasteiger charge is 2.49. The van der Waals surface area contributed by atoms with E-state index in [4.69, 9.17) is 0 Å². The number of nitrogens with one attached hydrogen (secondary N) is 1. The third kappa shape index (κ3) is 1.74. The van der Waals surface area contributed by atoms with Gasteiger partial charge in [-0.3, -0.25) is 4.79 Å². The molecule has 2 saturated heterocycles. The fourth-order valence-corrected chi connectivity index (χ4v) is 3.28. The summed E-state index contributed by atoms with van der Waals surface area (Å²) in [7, 11) is 0. The summed E-state index contributed by atoms with van der Waals surface area (Å²) in [6.45, 7) is 3.99. The maximum absolute atomic E-state index is 12.6. The second kappa shape index (κ2) is 4.39. The molecule has 96 valence electrons. The number of amides is 1. The molecule has 2 fully saturated rings. The van der Waals surface area contributed by atoms with Gasteiger partial charge in [-0.1, -0.05) is 30.3 Å². The van der Waals surface area contributed by atoms with E-state index in [2.05, 4.69) is 24.4 Å². The largest absolute Gasteiger partial charge is 0.334 e. The lowest BCUT2D eigenvalue weighted by molar-refractivity contribution is -0.134. The van der Waals surface area contributed by atoms with Gasteiger partial charge in [0, 0.05) is 6.54 Å². The van der Waals surface area contributed by atoms with Crippen molar-refractivity contribution < 1.29 is 4.79 Å². The molecule has 0 unspecified atom stereocenters. The molecular weight excluding hydrogens is 224 g/mol. The standard InChI is InChI=1S/C15H20N2O/c1-12(13-6-3-2-4-7-13)17-11-9-15(14(17)18)8-5-10-16-15/h2-4,6-7,12,16H,5,8-11H2,1H3/t12-,15-/m1/s1. The van der Waals surface area contributed by atoms with Crippen molar-refractivity contribution in [3.8, 4) is 0 Å². The average molecular weight is 244 g/mol. The third-order valence-electron chi connectivity index (χ3n) is 4.44. The molecule has 2 atom stereocenters. The molecule has 1 amide bonds. The Morgan fingerprint density at radius 3 is 2.72 bits per heavy atom. The van der Waals surface area contributed by atoms with Crippen LogP contribution in [0.5, 0.6) is 0 Å². The van der Waals surface area contributed by atoms with Gasteiger partial charge >= 0.3 is 0 Å². The number of carbonyl (C=O) groups excluding carboxylic acids is 1. The highest BCUT2D eigenvalue weighted by atomic mass is 16.2. The molecule has 2 heterocycles. The highest BCUT2D eigenvalue weighted by Crippen LogP contribution is 2.35. The number of rotatable bonds is 2. The van der Waals surface area contributed by atoms with Gasteiger partial charge in [0.15, 0.2) is 0 Å². The van der Waals surface area contributed by atoms with E-state index in [9.17, 15) is 4.79 Å². The van der Waals surface area contributed by atoms with Crippen LogP contribution in [0.4, 0.5) is 0 Å². The summed E-state index contributed by atoms with van der Waals surface area (Å²) in [5.74, 6) is 0.302. The Balaban J connectivity index is 1.80. The molecule has 0 saturated carbocycles. The Labute approximate surface area is 108 Å². The number of hydrogen-bond donors (Lipinski definition) is 1. The van der Waals surface area contributed by atoms with Gasteiger partial charge in [0.1, 0.15) is 0 Å².